The van der Waals surface area contributed by atoms with Gasteiger partial charge in [0.05, 0.1) is 18.1 Å². The zero-order valence-electron chi connectivity index (χ0n) is 13.8. The topological polar surface area (TPSA) is 86.8 Å². The van der Waals surface area contributed by atoms with Gasteiger partial charge in [0.15, 0.2) is 9.84 Å². The van der Waals surface area contributed by atoms with E-state index in [0.29, 0.717) is 39.0 Å². The van der Waals surface area contributed by atoms with Crippen LogP contribution in [0.3, 0.4) is 0 Å². The Balaban J connectivity index is 1.68. The van der Waals surface area contributed by atoms with Crippen LogP contribution in [-0.2, 0) is 19.4 Å². The molecular formula is C15H27N3O4S. The molecule has 0 saturated carbocycles. The fourth-order valence-electron chi connectivity index (χ4n) is 3.03. The number of hydrogen-bond acceptors (Lipinski definition) is 5. The summed E-state index contributed by atoms with van der Waals surface area (Å²) in [6.07, 6.45) is 3.05. The minimum Gasteiger partial charge on any atom is -0.351 e. The molecule has 0 aromatic rings. The van der Waals surface area contributed by atoms with Crippen LogP contribution >= 0.6 is 0 Å². The molecule has 2 rings (SSSR count). The number of nitrogens with zero attached hydrogens (tertiary/aromatic N) is 2. The molecule has 0 unspecified atom stereocenters. The first kappa shape index (κ1) is 18.2. The van der Waals surface area contributed by atoms with Crippen molar-refractivity contribution in [3.05, 3.63) is 0 Å². The lowest BCUT2D eigenvalue weighted by Gasteiger charge is -2.34. The number of carbonyl (C=O) groups is 2. The van der Waals surface area contributed by atoms with Gasteiger partial charge >= 0.3 is 0 Å². The largest absolute Gasteiger partial charge is 0.351 e. The van der Waals surface area contributed by atoms with Crippen LogP contribution < -0.4 is 5.32 Å². The summed E-state index contributed by atoms with van der Waals surface area (Å²) in [5.74, 6) is 0.291. The predicted octanol–water partition coefficient (Wildman–Crippen LogP) is -0.376. The highest BCUT2D eigenvalue weighted by atomic mass is 32.2. The van der Waals surface area contributed by atoms with Gasteiger partial charge in [0.1, 0.15) is 0 Å². The van der Waals surface area contributed by atoms with Crippen molar-refractivity contribution in [1.29, 1.82) is 0 Å². The number of unbranched alkanes of at least 4 members (excludes halogenated alkanes) is 1. The quantitative estimate of drug-likeness (QED) is 0.709. The normalized spacial score (nSPS) is 24.6. The molecule has 0 radical (unpaired) electrons. The maximum absolute atomic E-state index is 12.0. The minimum absolute atomic E-state index is 0.0540. The number of rotatable bonds is 6. The standard InChI is InChI=1S/C15H27N3O4S/c1-2-3-4-15(20)18-8-6-17(7-9-18)11-14(19)16-13-5-10-23(21,22)12-13/h13H,2-12H2,1H3,(H,16,19)/t13-/m1/s1. The van der Waals surface area contributed by atoms with Crippen LogP contribution in [0.5, 0.6) is 0 Å². The predicted molar refractivity (Wildman–Crippen MR) is 87.7 cm³/mol. The number of piperazine rings is 1. The van der Waals surface area contributed by atoms with Crippen LogP contribution in [0.4, 0.5) is 0 Å². The Labute approximate surface area is 138 Å². The summed E-state index contributed by atoms with van der Waals surface area (Å²) in [4.78, 5) is 27.8. The van der Waals surface area contributed by atoms with Crippen molar-refractivity contribution < 1.29 is 18.0 Å². The molecule has 8 heteroatoms. The van der Waals surface area contributed by atoms with E-state index in [1.54, 1.807) is 0 Å². The van der Waals surface area contributed by atoms with Gasteiger partial charge < -0.3 is 10.2 Å². The molecular weight excluding hydrogens is 318 g/mol. The summed E-state index contributed by atoms with van der Waals surface area (Å²) >= 11 is 0. The highest BCUT2D eigenvalue weighted by Gasteiger charge is 2.29. The van der Waals surface area contributed by atoms with Crippen LogP contribution in [0, 0.1) is 0 Å². The first-order chi connectivity index (χ1) is 10.9. The molecule has 0 spiro atoms. The lowest BCUT2D eigenvalue weighted by molar-refractivity contribution is -0.133. The van der Waals surface area contributed by atoms with Crippen LogP contribution in [0.15, 0.2) is 0 Å². The van der Waals surface area contributed by atoms with Crippen molar-refractivity contribution in [2.24, 2.45) is 0 Å². The average Bonchev–Trinajstić information content (AvgIpc) is 2.84. The number of amides is 2. The van der Waals surface area contributed by atoms with E-state index in [-0.39, 0.29) is 35.9 Å². The zero-order valence-corrected chi connectivity index (χ0v) is 14.6. The molecule has 0 aliphatic carbocycles. The second kappa shape index (κ2) is 8.10. The maximum atomic E-state index is 12.0. The summed E-state index contributed by atoms with van der Waals surface area (Å²) < 4.78 is 22.8. The molecule has 2 saturated heterocycles. The molecule has 7 nitrogen and oxygen atoms in total. The number of sulfone groups is 1. The molecule has 23 heavy (non-hydrogen) atoms. The SMILES string of the molecule is CCCCC(=O)N1CCN(CC(=O)N[C@@H]2CCS(=O)(=O)C2)CC1. The summed E-state index contributed by atoms with van der Waals surface area (Å²) in [6, 6.07) is -0.246. The first-order valence-corrected chi connectivity index (χ1v) is 10.2. The third kappa shape index (κ3) is 5.76. The monoisotopic (exact) mass is 345 g/mol. The zero-order chi connectivity index (χ0) is 16.9. The Morgan fingerprint density at radius 2 is 1.87 bits per heavy atom. The third-order valence-corrected chi connectivity index (χ3v) is 6.20. The van der Waals surface area contributed by atoms with Crippen LogP contribution in [-0.4, -0.2) is 80.3 Å². The lowest BCUT2D eigenvalue weighted by Crippen LogP contribution is -2.52. The van der Waals surface area contributed by atoms with E-state index in [9.17, 15) is 18.0 Å². The highest BCUT2D eigenvalue weighted by Crippen LogP contribution is 2.11. The van der Waals surface area contributed by atoms with E-state index in [1.807, 2.05) is 9.80 Å². The van der Waals surface area contributed by atoms with Gasteiger partial charge in [-0.2, -0.15) is 0 Å². The van der Waals surface area contributed by atoms with E-state index in [4.69, 9.17) is 0 Å². The summed E-state index contributed by atoms with van der Waals surface area (Å²) in [5, 5.41) is 2.80. The molecule has 2 aliphatic heterocycles. The summed E-state index contributed by atoms with van der Waals surface area (Å²) in [7, 11) is -2.97. The van der Waals surface area contributed by atoms with Crippen molar-refractivity contribution >= 4 is 21.7 Å². The van der Waals surface area contributed by atoms with Gasteiger partial charge in [-0.1, -0.05) is 13.3 Å². The third-order valence-electron chi connectivity index (χ3n) is 4.43. The van der Waals surface area contributed by atoms with Gasteiger partial charge in [0, 0.05) is 38.6 Å². The molecule has 0 aromatic carbocycles. The smallest absolute Gasteiger partial charge is 0.234 e. The molecule has 1 atom stereocenters. The van der Waals surface area contributed by atoms with Gasteiger partial charge in [-0.05, 0) is 12.8 Å². The molecule has 2 heterocycles. The van der Waals surface area contributed by atoms with Gasteiger partial charge in [-0.3, -0.25) is 14.5 Å². The molecule has 0 bridgehead atoms. The van der Waals surface area contributed by atoms with Crippen LogP contribution in [0.2, 0.25) is 0 Å². The Kier molecular flexibility index (Phi) is 6.41. The molecule has 132 valence electrons. The van der Waals surface area contributed by atoms with Crippen molar-refractivity contribution in [3.8, 4) is 0 Å². The summed E-state index contributed by atoms with van der Waals surface area (Å²) in [6.45, 7) is 5.04. The second-order valence-corrected chi connectivity index (χ2v) is 8.66. The van der Waals surface area contributed by atoms with E-state index in [1.165, 1.54) is 0 Å². The Morgan fingerprint density at radius 3 is 2.43 bits per heavy atom. The van der Waals surface area contributed by atoms with Crippen molar-refractivity contribution in [2.45, 2.75) is 38.6 Å². The molecule has 2 aliphatic rings. The maximum Gasteiger partial charge on any atom is 0.234 e. The van der Waals surface area contributed by atoms with E-state index in [2.05, 4.69) is 12.2 Å². The second-order valence-electron chi connectivity index (χ2n) is 6.43. The van der Waals surface area contributed by atoms with E-state index in [0.717, 1.165) is 12.8 Å². The van der Waals surface area contributed by atoms with Gasteiger partial charge in [0.25, 0.3) is 0 Å². The van der Waals surface area contributed by atoms with Gasteiger partial charge in [-0.25, -0.2) is 8.42 Å². The van der Waals surface area contributed by atoms with Crippen molar-refractivity contribution in [3.63, 3.8) is 0 Å². The van der Waals surface area contributed by atoms with E-state index >= 15 is 0 Å². The number of hydrogen-bond donors (Lipinski definition) is 1. The van der Waals surface area contributed by atoms with Gasteiger partial charge in [0.2, 0.25) is 11.8 Å². The Hall–Kier alpha value is -1.15. The Morgan fingerprint density at radius 1 is 1.17 bits per heavy atom. The van der Waals surface area contributed by atoms with Crippen LogP contribution in [0.1, 0.15) is 32.6 Å². The first-order valence-electron chi connectivity index (χ1n) is 8.39. The highest BCUT2D eigenvalue weighted by molar-refractivity contribution is 7.91. The Bertz CT molecular complexity index is 527. The minimum atomic E-state index is -2.97. The fourth-order valence-corrected chi connectivity index (χ4v) is 4.70. The number of carbonyl (C=O) groups excluding carboxylic acids is 2. The molecule has 2 fully saturated rings. The molecule has 0 aromatic heterocycles. The fraction of sp³-hybridized carbons (Fsp3) is 0.867. The van der Waals surface area contributed by atoms with E-state index < -0.39 is 9.84 Å². The molecule has 2 amide bonds. The lowest BCUT2D eigenvalue weighted by atomic mass is 10.2. The average molecular weight is 345 g/mol. The van der Waals surface area contributed by atoms with Gasteiger partial charge in [-0.15, -0.1) is 0 Å². The number of nitrogens with one attached hydrogen (secondary N) is 1. The van der Waals surface area contributed by atoms with Crippen molar-refractivity contribution in [1.82, 2.24) is 15.1 Å². The molecule has 1 N–H and O–H groups in total. The summed E-state index contributed by atoms with van der Waals surface area (Å²) in [5.41, 5.74) is 0. The van der Waals surface area contributed by atoms with Crippen LogP contribution in [0.25, 0.3) is 0 Å². The van der Waals surface area contributed by atoms with Crippen molar-refractivity contribution in [2.75, 3.05) is 44.2 Å².